The van der Waals surface area contributed by atoms with E-state index in [1.807, 2.05) is 6.07 Å². The average molecular weight is 288 g/mol. The molecule has 2 aromatic carbocycles. The van der Waals surface area contributed by atoms with E-state index >= 15 is 0 Å². The predicted octanol–water partition coefficient (Wildman–Crippen LogP) is 2.79. The number of hydrogen-bond acceptors (Lipinski definition) is 2. The van der Waals surface area contributed by atoms with Gasteiger partial charge in [-0.15, -0.1) is 0 Å². The van der Waals surface area contributed by atoms with Gasteiger partial charge in [-0.3, -0.25) is 4.79 Å². The fourth-order valence-corrected chi connectivity index (χ4v) is 2.49. The molecule has 0 saturated heterocycles. The summed E-state index contributed by atoms with van der Waals surface area (Å²) in [5, 5.41) is 5.76. The van der Waals surface area contributed by atoms with E-state index in [1.54, 1.807) is 12.1 Å². The number of rotatable bonds is 4. The van der Waals surface area contributed by atoms with Crippen LogP contribution in [0.5, 0.6) is 0 Å². The van der Waals surface area contributed by atoms with Gasteiger partial charge in [-0.05, 0) is 36.2 Å². The van der Waals surface area contributed by atoms with Crippen molar-refractivity contribution in [3.05, 3.63) is 65.2 Å². The van der Waals surface area contributed by atoms with Crippen LogP contribution in [0.1, 0.15) is 17.2 Å². The highest BCUT2D eigenvalue weighted by atomic mass is 19.1. The lowest BCUT2D eigenvalue weighted by atomic mass is 10.1. The molecule has 5 heteroatoms. The Kier molecular flexibility index (Phi) is 3.66. The molecule has 108 valence electrons. The lowest BCUT2D eigenvalue weighted by molar-refractivity contribution is -0.117. The lowest BCUT2D eigenvalue weighted by Gasteiger charge is -2.11. The van der Waals surface area contributed by atoms with Gasteiger partial charge < -0.3 is 10.6 Å². The molecular weight excluding hydrogens is 274 g/mol. The highest BCUT2D eigenvalue weighted by molar-refractivity contribution is 6.02. The molecule has 1 aliphatic heterocycles. The van der Waals surface area contributed by atoms with E-state index < -0.39 is 6.04 Å². The maximum absolute atomic E-state index is 13.1. The highest BCUT2D eigenvalue weighted by Gasteiger charge is 2.29. The van der Waals surface area contributed by atoms with Gasteiger partial charge in [0.2, 0.25) is 5.91 Å². The van der Waals surface area contributed by atoms with Crippen LogP contribution in [0.15, 0.2) is 42.5 Å². The van der Waals surface area contributed by atoms with Crippen LogP contribution < -0.4 is 10.6 Å². The van der Waals surface area contributed by atoms with Gasteiger partial charge in [-0.2, -0.15) is 0 Å². The van der Waals surface area contributed by atoms with Crippen molar-refractivity contribution in [1.29, 1.82) is 0 Å². The van der Waals surface area contributed by atoms with Crippen molar-refractivity contribution in [2.45, 2.75) is 12.5 Å². The largest absolute Gasteiger partial charge is 0.324 e. The van der Waals surface area contributed by atoms with E-state index in [2.05, 4.69) is 10.6 Å². The second kappa shape index (κ2) is 5.61. The summed E-state index contributed by atoms with van der Waals surface area (Å²) < 4.78 is 26.2. The first-order valence-corrected chi connectivity index (χ1v) is 6.71. The number of benzene rings is 2. The van der Waals surface area contributed by atoms with E-state index in [0.717, 1.165) is 11.1 Å². The molecule has 1 aliphatic rings. The van der Waals surface area contributed by atoms with Gasteiger partial charge in [0.05, 0.1) is 0 Å². The van der Waals surface area contributed by atoms with Crippen LogP contribution in [-0.4, -0.2) is 12.5 Å². The summed E-state index contributed by atoms with van der Waals surface area (Å²) in [4.78, 5) is 11.9. The lowest BCUT2D eigenvalue weighted by Crippen LogP contribution is -2.29. The number of carbonyl (C=O) groups excluding carboxylic acids is 1. The number of nitrogens with one attached hydrogen (secondary N) is 2. The standard InChI is InChI=1S/C16H14F2N2O/c17-11-3-1-2-10(8-11)6-7-19-15-13-5-4-12(18)9-14(13)20-16(15)21/h1-5,8-9,15,19H,6-7H2,(H,20,21). The number of carbonyl (C=O) groups is 1. The van der Waals surface area contributed by atoms with Crippen molar-refractivity contribution in [2.24, 2.45) is 0 Å². The van der Waals surface area contributed by atoms with Crippen molar-refractivity contribution in [3.8, 4) is 0 Å². The Labute approximate surface area is 121 Å². The zero-order valence-corrected chi connectivity index (χ0v) is 11.2. The minimum Gasteiger partial charge on any atom is -0.324 e. The maximum atomic E-state index is 13.1. The molecule has 1 heterocycles. The van der Waals surface area contributed by atoms with E-state index in [9.17, 15) is 13.6 Å². The van der Waals surface area contributed by atoms with Gasteiger partial charge in [0.25, 0.3) is 0 Å². The van der Waals surface area contributed by atoms with Crippen LogP contribution in [-0.2, 0) is 11.2 Å². The molecule has 21 heavy (non-hydrogen) atoms. The summed E-state index contributed by atoms with van der Waals surface area (Å²) in [6.45, 7) is 0.526. The Morgan fingerprint density at radius 1 is 1.10 bits per heavy atom. The zero-order chi connectivity index (χ0) is 14.8. The number of amides is 1. The molecule has 0 fully saturated rings. The first kappa shape index (κ1) is 13.7. The molecular formula is C16H14F2N2O. The average Bonchev–Trinajstić information content (AvgIpc) is 2.74. The molecule has 0 radical (unpaired) electrons. The molecule has 0 bridgehead atoms. The van der Waals surface area contributed by atoms with Gasteiger partial charge in [-0.1, -0.05) is 18.2 Å². The number of halogens is 2. The monoisotopic (exact) mass is 288 g/mol. The third kappa shape index (κ3) is 2.92. The summed E-state index contributed by atoms with van der Waals surface area (Å²) >= 11 is 0. The minimum atomic E-state index is -0.492. The molecule has 0 aliphatic carbocycles. The van der Waals surface area contributed by atoms with Crippen LogP contribution in [0.4, 0.5) is 14.5 Å². The third-order valence-corrected chi connectivity index (χ3v) is 3.50. The van der Waals surface area contributed by atoms with Crippen molar-refractivity contribution < 1.29 is 13.6 Å². The number of fused-ring (bicyclic) bond motifs is 1. The molecule has 1 amide bonds. The summed E-state index contributed by atoms with van der Waals surface area (Å²) in [6.07, 6.45) is 0.609. The summed E-state index contributed by atoms with van der Waals surface area (Å²) in [6, 6.07) is 10.1. The summed E-state index contributed by atoms with van der Waals surface area (Å²) in [7, 11) is 0. The second-order valence-corrected chi connectivity index (χ2v) is 4.99. The van der Waals surface area contributed by atoms with Crippen LogP contribution in [0, 0.1) is 11.6 Å². The summed E-state index contributed by atoms with van der Waals surface area (Å²) in [5.74, 6) is -0.851. The first-order valence-electron chi connectivity index (χ1n) is 6.71. The molecule has 3 rings (SSSR count). The highest BCUT2D eigenvalue weighted by Crippen LogP contribution is 2.31. The molecule has 1 atom stereocenters. The molecule has 1 unspecified atom stereocenters. The predicted molar refractivity (Wildman–Crippen MR) is 75.9 cm³/mol. The third-order valence-electron chi connectivity index (χ3n) is 3.50. The van der Waals surface area contributed by atoms with Crippen molar-refractivity contribution in [3.63, 3.8) is 0 Å². The second-order valence-electron chi connectivity index (χ2n) is 4.99. The van der Waals surface area contributed by atoms with Gasteiger partial charge in [0, 0.05) is 17.8 Å². The maximum Gasteiger partial charge on any atom is 0.246 e. The molecule has 2 N–H and O–H groups in total. The topological polar surface area (TPSA) is 41.1 Å². The first-order chi connectivity index (χ1) is 10.1. The Morgan fingerprint density at radius 2 is 1.90 bits per heavy atom. The fraction of sp³-hybridized carbons (Fsp3) is 0.188. The van der Waals surface area contributed by atoms with E-state index in [4.69, 9.17) is 0 Å². The molecule has 2 aromatic rings. The van der Waals surface area contributed by atoms with Gasteiger partial charge in [-0.25, -0.2) is 8.78 Å². The normalized spacial score (nSPS) is 16.7. The van der Waals surface area contributed by atoms with Gasteiger partial charge in [0.1, 0.15) is 17.7 Å². The SMILES string of the molecule is O=C1Nc2cc(F)ccc2C1NCCc1cccc(F)c1. The number of hydrogen-bond donors (Lipinski definition) is 2. The Morgan fingerprint density at radius 3 is 2.71 bits per heavy atom. The van der Waals surface area contributed by atoms with Crippen LogP contribution >= 0.6 is 0 Å². The van der Waals surface area contributed by atoms with Crippen LogP contribution in [0.25, 0.3) is 0 Å². The van der Waals surface area contributed by atoms with E-state index in [1.165, 1.54) is 24.3 Å². The Bertz CT molecular complexity index is 688. The van der Waals surface area contributed by atoms with E-state index in [0.29, 0.717) is 18.7 Å². The Balaban J connectivity index is 1.65. The van der Waals surface area contributed by atoms with Gasteiger partial charge >= 0.3 is 0 Å². The molecule has 0 aromatic heterocycles. The minimum absolute atomic E-state index is 0.199. The zero-order valence-electron chi connectivity index (χ0n) is 11.2. The Hall–Kier alpha value is -2.27. The van der Waals surface area contributed by atoms with Crippen molar-refractivity contribution in [2.75, 3.05) is 11.9 Å². The number of anilines is 1. The van der Waals surface area contributed by atoms with Crippen molar-refractivity contribution >= 4 is 11.6 Å². The van der Waals surface area contributed by atoms with Gasteiger partial charge in [0.15, 0.2) is 0 Å². The molecule has 3 nitrogen and oxygen atoms in total. The van der Waals surface area contributed by atoms with Crippen molar-refractivity contribution in [1.82, 2.24) is 5.32 Å². The van der Waals surface area contributed by atoms with E-state index in [-0.39, 0.29) is 17.5 Å². The molecule has 0 spiro atoms. The smallest absolute Gasteiger partial charge is 0.246 e. The van der Waals surface area contributed by atoms with Crippen LogP contribution in [0.2, 0.25) is 0 Å². The summed E-state index contributed by atoms with van der Waals surface area (Å²) in [5.41, 5.74) is 2.10. The quantitative estimate of drug-likeness (QED) is 0.908. The fourth-order valence-electron chi connectivity index (χ4n) is 2.49. The molecule has 0 saturated carbocycles. The van der Waals surface area contributed by atoms with Crippen LogP contribution in [0.3, 0.4) is 0 Å².